The monoisotopic (exact) mass is 480 g/mol. The minimum Gasteiger partial charge on any atom is -1.00 e. The summed E-state index contributed by atoms with van der Waals surface area (Å²) in [6.45, 7) is 2.32. The summed E-state index contributed by atoms with van der Waals surface area (Å²) in [5, 5.41) is 4.46. The van der Waals surface area contributed by atoms with Gasteiger partial charge in [0.2, 0.25) is 0 Å². The number of halogens is 2. The van der Waals surface area contributed by atoms with E-state index in [1.807, 2.05) is 0 Å². The number of hydrogen-bond acceptors (Lipinski definition) is 0. The van der Waals surface area contributed by atoms with Gasteiger partial charge >= 0.3 is 26.2 Å². The van der Waals surface area contributed by atoms with Crippen molar-refractivity contribution >= 4 is 24.0 Å². The fourth-order valence-electron chi connectivity index (χ4n) is 4.07. The topological polar surface area (TPSA) is 0 Å². The van der Waals surface area contributed by atoms with Crippen LogP contribution >= 0.6 is 7.92 Å². The van der Waals surface area contributed by atoms with Crippen molar-refractivity contribution in [3.8, 4) is 0 Å². The van der Waals surface area contributed by atoms with E-state index < -0.39 is 0 Å². The predicted octanol–water partition coefficient (Wildman–Crippen LogP) is -0.194. The largest absolute Gasteiger partial charge is 4.00 e. The van der Waals surface area contributed by atoms with Crippen LogP contribution in [-0.2, 0) is 26.2 Å². The first kappa shape index (κ1) is 24.2. The second kappa shape index (κ2) is 11.3. The van der Waals surface area contributed by atoms with Gasteiger partial charge < -0.3 is 31.2 Å². The number of benzene rings is 1. The molecule has 0 spiro atoms. The summed E-state index contributed by atoms with van der Waals surface area (Å²) < 4.78 is 0. The Morgan fingerprint density at radius 1 is 1.12 bits per heavy atom. The van der Waals surface area contributed by atoms with Gasteiger partial charge in [-0.05, 0) is 18.5 Å². The summed E-state index contributed by atoms with van der Waals surface area (Å²) >= 11 is 0. The van der Waals surface area contributed by atoms with E-state index in [2.05, 4.69) is 74.0 Å². The Labute approximate surface area is 191 Å². The molecule has 0 radical (unpaired) electrons. The maximum absolute atomic E-state index is 2.67. The molecule has 1 fully saturated rings. The molecule has 0 aromatic heterocycles. The van der Waals surface area contributed by atoms with E-state index in [-0.39, 0.29) is 58.9 Å². The number of fused-ring (bicyclic) bond motifs is 2. The smallest absolute Gasteiger partial charge is 1.00 e. The summed E-state index contributed by atoms with van der Waals surface area (Å²) in [6, 6.07) is 13.8. The molecular formula is C22H25Cl2PZr. The molecule has 4 atom stereocenters. The third-order valence-corrected chi connectivity index (χ3v) is 8.25. The van der Waals surface area contributed by atoms with Gasteiger partial charge in [0.05, 0.1) is 0 Å². The molecule has 2 aromatic rings. The van der Waals surface area contributed by atoms with Crippen LogP contribution in [0.2, 0.25) is 0 Å². The van der Waals surface area contributed by atoms with E-state index in [4.69, 9.17) is 0 Å². The van der Waals surface area contributed by atoms with Crippen LogP contribution < -0.4 is 30.1 Å². The molecule has 0 aliphatic heterocycles. The van der Waals surface area contributed by atoms with Gasteiger partial charge in [0.25, 0.3) is 0 Å². The second-order valence-electron chi connectivity index (χ2n) is 6.90. The summed E-state index contributed by atoms with van der Waals surface area (Å²) in [4.78, 5) is 0. The molecule has 4 rings (SSSR count). The quantitative estimate of drug-likeness (QED) is 0.410. The van der Waals surface area contributed by atoms with Crippen LogP contribution in [-0.4, -0.2) is 11.8 Å². The fraction of sp³-hybridized carbons (Fsp3) is 0.364. The summed E-state index contributed by atoms with van der Waals surface area (Å²) in [5.41, 5.74) is 0.788. The van der Waals surface area contributed by atoms with Gasteiger partial charge in [-0.15, -0.1) is 65.9 Å². The van der Waals surface area contributed by atoms with E-state index >= 15 is 0 Å². The molecule has 2 aliphatic carbocycles. The molecule has 4 heteroatoms. The third kappa shape index (κ3) is 5.17. The Morgan fingerprint density at radius 2 is 1.88 bits per heavy atom. The SMILES string of the molecule is CCCCP(c1cc2ccccc2[cH-]1)C1[CH-]C2C=CC=CC2C1.[Cl-].[Cl-].[Zr+4]. The van der Waals surface area contributed by atoms with Crippen molar-refractivity contribution in [2.45, 2.75) is 31.8 Å². The zero-order valence-corrected chi connectivity index (χ0v) is 20.0. The van der Waals surface area contributed by atoms with Crippen molar-refractivity contribution in [3.63, 3.8) is 0 Å². The van der Waals surface area contributed by atoms with E-state index in [9.17, 15) is 0 Å². The molecule has 0 N–H and O–H groups in total. The molecule has 1 saturated carbocycles. The van der Waals surface area contributed by atoms with E-state index in [1.165, 1.54) is 36.2 Å². The zero-order valence-electron chi connectivity index (χ0n) is 15.1. The van der Waals surface area contributed by atoms with Gasteiger partial charge in [-0.25, -0.2) is 0 Å². The van der Waals surface area contributed by atoms with E-state index in [0.29, 0.717) is 5.92 Å². The minimum absolute atomic E-state index is 0. The first-order valence-electron chi connectivity index (χ1n) is 8.97. The Balaban J connectivity index is 0.00000113. The Hall–Kier alpha value is 0.203. The summed E-state index contributed by atoms with van der Waals surface area (Å²) in [6.07, 6.45) is 17.4. The first-order valence-corrected chi connectivity index (χ1v) is 10.6. The van der Waals surface area contributed by atoms with E-state index in [1.54, 1.807) is 5.30 Å². The number of rotatable bonds is 5. The van der Waals surface area contributed by atoms with Gasteiger partial charge in [-0.2, -0.15) is 6.07 Å². The Bertz CT molecular complexity index is 684. The molecule has 2 aromatic carbocycles. The molecule has 4 unspecified atom stereocenters. The molecular weight excluding hydrogens is 457 g/mol. The number of hydrogen-bond donors (Lipinski definition) is 0. The molecule has 0 saturated heterocycles. The molecule has 2 aliphatic rings. The van der Waals surface area contributed by atoms with Crippen LogP contribution in [0.15, 0.2) is 60.7 Å². The van der Waals surface area contributed by atoms with Crippen LogP contribution in [0.1, 0.15) is 26.2 Å². The number of unbranched alkanes of at least 4 members (excludes halogenated alkanes) is 1. The van der Waals surface area contributed by atoms with Crippen molar-refractivity contribution in [2.75, 3.05) is 6.16 Å². The summed E-state index contributed by atoms with van der Waals surface area (Å²) in [7, 11) is -0.0698. The Kier molecular flexibility index (Phi) is 10.5. The average molecular weight is 483 g/mol. The molecule has 26 heavy (non-hydrogen) atoms. The first-order chi connectivity index (χ1) is 11.3. The predicted molar refractivity (Wildman–Crippen MR) is 104 cm³/mol. The van der Waals surface area contributed by atoms with Gasteiger partial charge in [-0.3, -0.25) is 0 Å². The van der Waals surface area contributed by atoms with Crippen molar-refractivity contribution in [1.29, 1.82) is 0 Å². The van der Waals surface area contributed by atoms with Crippen molar-refractivity contribution in [2.24, 2.45) is 11.8 Å². The van der Waals surface area contributed by atoms with Gasteiger partial charge in [0, 0.05) is 0 Å². The van der Waals surface area contributed by atoms with Crippen LogP contribution in [0.3, 0.4) is 0 Å². The fourth-order valence-corrected chi connectivity index (χ4v) is 7.22. The second-order valence-corrected chi connectivity index (χ2v) is 9.46. The van der Waals surface area contributed by atoms with E-state index in [0.717, 1.165) is 11.6 Å². The van der Waals surface area contributed by atoms with Gasteiger partial charge in [-0.1, -0.05) is 44.1 Å². The van der Waals surface area contributed by atoms with Crippen LogP contribution in [0.25, 0.3) is 10.8 Å². The number of allylic oxidation sites excluding steroid dienone is 4. The van der Waals surface area contributed by atoms with Gasteiger partial charge in [0.1, 0.15) is 0 Å². The van der Waals surface area contributed by atoms with Crippen LogP contribution in [0, 0.1) is 18.3 Å². The molecule has 0 nitrogen and oxygen atoms in total. The van der Waals surface area contributed by atoms with Crippen molar-refractivity contribution in [3.05, 3.63) is 67.1 Å². The molecule has 0 amide bonds. The molecule has 0 heterocycles. The van der Waals surface area contributed by atoms with Gasteiger partial charge in [0.15, 0.2) is 0 Å². The summed E-state index contributed by atoms with van der Waals surface area (Å²) in [5.74, 6) is 1.43. The third-order valence-electron chi connectivity index (χ3n) is 5.34. The van der Waals surface area contributed by atoms with Crippen molar-refractivity contribution in [1.82, 2.24) is 0 Å². The molecule has 136 valence electrons. The zero-order chi connectivity index (χ0) is 15.6. The average Bonchev–Trinajstić information content (AvgIpc) is 3.19. The minimum atomic E-state index is -0.0698. The maximum Gasteiger partial charge on any atom is 4.00 e. The van der Waals surface area contributed by atoms with Crippen LogP contribution in [0.4, 0.5) is 0 Å². The molecule has 0 bridgehead atoms. The standard InChI is InChI=1S/C22H25P.2ClH.Zr/c1-2-3-12-23(21-13-17-8-4-5-9-18(17)14-21)22-15-19-10-6-7-11-20(19)16-22;;;/h4-11,13-15,19-20,22H,2-3,12,16H2,1H3;2*1H;/q-2;;;+4/p-2. The Morgan fingerprint density at radius 3 is 2.62 bits per heavy atom. The normalized spacial score (nSPS) is 24.3. The maximum atomic E-state index is 2.67. The van der Waals surface area contributed by atoms with Crippen molar-refractivity contribution < 1.29 is 51.0 Å². The van der Waals surface area contributed by atoms with Crippen LogP contribution in [0.5, 0.6) is 0 Å².